The first-order chi connectivity index (χ1) is 16.0. The molecule has 2 aliphatic heterocycles. The minimum absolute atomic E-state index is 0.194. The van der Waals surface area contributed by atoms with Gasteiger partial charge in [0.15, 0.2) is 6.04 Å². The topological polar surface area (TPSA) is 92.8 Å². The Hall–Kier alpha value is -1.54. The Bertz CT molecular complexity index is 916. The molecule has 0 aromatic heterocycles. The van der Waals surface area contributed by atoms with Gasteiger partial charge in [-0.05, 0) is 53.6 Å². The third-order valence-corrected chi connectivity index (χ3v) is 6.87. The number of esters is 2. The molecule has 0 amide bonds. The average molecular weight is 593 g/mol. The van der Waals surface area contributed by atoms with Gasteiger partial charge in [0, 0.05) is 29.7 Å². The summed E-state index contributed by atoms with van der Waals surface area (Å²) in [5.74, 6) is 1.49. The number of carbonyl (C=O) groups is 2. The van der Waals surface area contributed by atoms with Gasteiger partial charge < -0.3 is 18.9 Å². The lowest BCUT2D eigenvalue weighted by molar-refractivity contribution is -0.377. The highest BCUT2D eigenvalue weighted by atomic mass is 127. The highest BCUT2D eigenvalue weighted by Crippen LogP contribution is 2.43. The number of hydrogen-bond acceptors (Lipinski definition) is 10. The van der Waals surface area contributed by atoms with Crippen molar-refractivity contribution in [1.82, 2.24) is 5.23 Å². The van der Waals surface area contributed by atoms with E-state index in [0.717, 1.165) is 16.9 Å². The quantitative estimate of drug-likeness (QED) is 0.153. The van der Waals surface area contributed by atoms with Crippen LogP contribution in [0.1, 0.15) is 47.3 Å². The van der Waals surface area contributed by atoms with Gasteiger partial charge in [-0.2, -0.15) is 0 Å². The Morgan fingerprint density at radius 3 is 2.58 bits per heavy atom. The second-order valence-corrected chi connectivity index (χ2v) is 9.69. The molecule has 0 N–H and O–H groups in total. The van der Waals surface area contributed by atoms with Crippen LogP contribution in [0.3, 0.4) is 0 Å². The van der Waals surface area contributed by atoms with E-state index in [1.807, 2.05) is 20.8 Å². The number of allylic oxidation sites excluding steroid dienone is 1. The van der Waals surface area contributed by atoms with Crippen LogP contribution < -0.4 is 9.47 Å². The molecule has 1 saturated heterocycles. The van der Waals surface area contributed by atoms with E-state index >= 15 is 0 Å². The third kappa shape index (κ3) is 5.76. The van der Waals surface area contributed by atoms with Crippen molar-refractivity contribution >= 4 is 42.1 Å². The summed E-state index contributed by atoms with van der Waals surface area (Å²) in [5.41, 5.74) is 2.77. The molecule has 9 nitrogen and oxygen atoms in total. The van der Waals surface area contributed by atoms with Gasteiger partial charge in [-0.3, -0.25) is 9.68 Å². The van der Waals surface area contributed by atoms with Crippen LogP contribution >= 0.6 is 30.1 Å². The number of nitrogens with zero attached hydrogens (tertiary/aromatic N) is 1. The van der Waals surface area contributed by atoms with Crippen LogP contribution in [0.25, 0.3) is 0 Å². The molecule has 2 aliphatic rings. The van der Waals surface area contributed by atoms with Crippen LogP contribution in [-0.4, -0.2) is 55.9 Å². The van der Waals surface area contributed by atoms with E-state index in [1.54, 1.807) is 22.1 Å². The van der Waals surface area contributed by atoms with E-state index in [0.29, 0.717) is 61.0 Å². The largest absolute Gasteiger partial charge is 0.496 e. The van der Waals surface area contributed by atoms with E-state index in [-0.39, 0.29) is 6.61 Å². The molecule has 1 atom stereocenters. The molecule has 1 aromatic rings. The molecule has 11 heteroatoms. The first kappa shape index (κ1) is 26.1. The number of halogens is 1. The highest BCUT2D eigenvalue weighted by molar-refractivity contribution is 14.2. The van der Waals surface area contributed by atoms with E-state index < -0.39 is 18.0 Å². The summed E-state index contributed by atoms with van der Waals surface area (Å²) in [6.07, 6.45) is 2.45. The average Bonchev–Trinajstić information content (AvgIpc) is 3.36. The molecule has 0 aliphatic carbocycles. The van der Waals surface area contributed by atoms with Crippen LogP contribution in [0.4, 0.5) is 0 Å². The van der Waals surface area contributed by atoms with Gasteiger partial charge in [-0.25, -0.2) is 9.59 Å². The molecule has 1 unspecified atom stereocenters. The maximum absolute atomic E-state index is 12.5. The summed E-state index contributed by atoms with van der Waals surface area (Å²) in [7, 11) is 3.20. The maximum Gasteiger partial charge on any atom is 0.342 e. The molecule has 33 heavy (non-hydrogen) atoms. The van der Waals surface area contributed by atoms with Gasteiger partial charge in [-0.1, -0.05) is 14.2 Å². The SMILES string of the molecule is CCON(OCC)C1C/C(=C/Cc2c(OC)c(C)c3c(c2OCCSI)C(=O)OC3)OC1=O. The molecule has 0 radical (unpaired) electrons. The fourth-order valence-electron chi connectivity index (χ4n) is 3.83. The first-order valence-electron chi connectivity index (χ1n) is 10.7. The number of hydroxylamine groups is 2. The number of cyclic esters (lactones) is 2. The lowest BCUT2D eigenvalue weighted by Gasteiger charge is -2.22. The van der Waals surface area contributed by atoms with E-state index in [4.69, 9.17) is 28.6 Å². The molecule has 1 aromatic carbocycles. The van der Waals surface area contributed by atoms with Gasteiger partial charge in [0.25, 0.3) is 0 Å². The normalized spacial score (nSPS) is 18.6. The predicted octanol–water partition coefficient (Wildman–Crippen LogP) is 4.08. The Morgan fingerprint density at radius 2 is 1.94 bits per heavy atom. The lowest BCUT2D eigenvalue weighted by atomic mass is 9.95. The Morgan fingerprint density at radius 1 is 1.21 bits per heavy atom. The molecule has 0 bridgehead atoms. The van der Waals surface area contributed by atoms with Gasteiger partial charge in [-0.15, -0.1) is 0 Å². The summed E-state index contributed by atoms with van der Waals surface area (Å²) in [4.78, 5) is 35.8. The summed E-state index contributed by atoms with van der Waals surface area (Å²) < 4.78 is 22.5. The minimum atomic E-state index is -0.689. The summed E-state index contributed by atoms with van der Waals surface area (Å²) in [6, 6.07) is -0.689. The highest BCUT2D eigenvalue weighted by Gasteiger charge is 2.38. The Labute approximate surface area is 209 Å². The van der Waals surface area contributed by atoms with Crippen LogP contribution in [-0.2, 0) is 37.0 Å². The number of benzene rings is 1. The summed E-state index contributed by atoms with van der Waals surface area (Å²) in [6.45, 7) is 6.87. The van der Waals surface area contributed by atoms with Crippen LogP contribution in [0.2, 0.25) is 0 Å². The summed E-state index contributed by atoms with van der Waals surface area (Å²) >= 11 is 2.20. The monoisotopic (exact) mass is 593 g/mol. The minimum Gasteiger partial charge on any atom is -0.496 e. The van der Waals surface area contributed by atoms with Crippen molar-refractivity contribution in [1.29, 1.82) is 0 Å². The van der Waals surface area contributed by atoms with Crippen molar-refractivity contribution in [2.75, 3.05) is 32.7 Å². The van der Waals surface area contributed by atoms with Crippen molar-refractivity contribution in [2.45, 2.75) is 46.3 Å². The Kier molecular flexibility index (Phi) is 9.68. The number of hydrogen-bond donors (Lipinski definition) is 0. The number of methoxy groups -OCH3 is 1. The van der Waals surface area contributed by atoms with Gasteiger partial charge in [0.1, 0.15) is 29.4 Å². The fourth-order valence-corrected chi connectivity index (χ4v) is 4.52. The van der Waals surface area contributed by atoms with Crippen molar-refractivity contribution < 1.29 is 38.2 Å². The molecule has 0 spiro atoms. The zero-order valence-electron chi connectivity index (χ0n) is 19.1. The first-order valence-corrected chi connectivity index (χ1v) is 14.2. The van der Waals surface area contributed by atoms with Crippen molar-refractivity contribution in [3.63, 3.8) is 0 Å². The smallest absolute Gasteiger partial charge is 0.342 e. The molecule has 0 saturated carbocycles. The van der Waals surface area contributed by atoms with Crippen LogP contribution in [0, 0.1) is 6.92 Å². The van der Waals surface area contributed by atoms with Gasteiger partial charge in [0.05, 0.1) is 26.9 Å². The number of fused-ring (bicyclic) bond motifs is 1. The van der Waals surface area contributed by atoms with Crippen molar-refractivity contribution in [3.05, 3.63) is 34.1 Å². The zero-order chi connectivity index (χ0) is 24.0. The van der Waals surface area contributed by atoms with Crippen LogP contribution in [0.5, 0.6) is 11.5 Å². The van der Waals surface area contributed by atoms with Gasteiger partial charge in [0.2, 0.25) is 0 Å². The van der Waals surface area contributed by atoms with Crippen LogP contribution in [0.15, 0.2) is 11.8 Å². The molecular formula is C22H28INO8S. The van der Waals surface area contributed by atoms with E-state index in [9.17, 15) is 9.59 Å². The molecule has 3 rings (SSSR count). The van der Waals surface area contributed by atoms with Crippen molar-refractivity contribution in [2.24, 2.45) is 0 Å². The number of rotatable bonds is 12. The van der Waals surface area contributed by atoms with E-state index in [2.05, 4.69) is 21.2 Å². The maximum atomic E-state index is 12.5. The lowest BCUT2D eigenvalue weighted by Crippen LogP contribution is -2.38. The number of carbonyl (C=O) groups excluding carboxylic acids is 2. The predicted molar refractivity (Wildman–Crippen MR) is 130 cm³/mol. The second-order valence-electron chi connectivity index (χ2n) is 7.19. The molecule has 2 heterocycles. The standard InChI is InChI=1S/C22H28INO8S/c1-5-30-24(31-6-2)17-11-14(32-21(17)25)7-8-15-19(27-4)13(3)16-12-29-22(26)18(16)20(15)28-9-10-33-23/h7,17H,5-6,8-12H2,1-4H3/b14-7-. The van der Waals surface area contributed by atoms with Gasteiger partial charge >= 0.3 is 11.9 Å². The molecule has 1 fully saturated rings. The van der Waals surface area contributed by atoms with E-state index in [1.165, 1.54) is 5.23 Å². The molecule has 182 valence electrons. The Balaban J connectivity index is 1.92. The second kappa shape index (κ2) is 12.2. The zero-order valence-corrected chi connectivity index (χ0v) is 22.1. The fraction of sp³-hybridized carbons (Fsp3) is 0.545. The molecular weight excluding hydrogens is 565 g/mol. The van der Waals surface area contributed by atoms with Crippen molar-refractivity contribution in [3.8, 4) is 11.5 Å². The third-order valence-electron chi connectivity index (χ3n) is 5.23. The summed E-state index contributed by atoms with van der Waals surface area (Å²) in [5, 5.41) is 1.20. The number of ether oxygens (including phenoxy) is 4.